The van der Waals surface area contributed by atoms with Crippen LogP contribution >= 0.6 is 0 Å². The van der Waals surface area contributed by atoms with E-state index < -0.39 is 23.3 Å². The van der Waals surface area contributed by atoms with E-state index in [4.69, 9.17) is 0 Å². The standard InChI is InChI=1S/C27H34F4/c1-17(2)24(28)25(29)18(3)9-10-19-11-13-21(14-12-19)23-16-15-22(26(30)27(23)31)20-7-5-4-6-8-20/h15-16,19-21H,1,3-14H2,2H3/b25-24-. The van der Waals surface area contributed by atoms with Crippen molar-refractivity contribution in [2.45, 2.75) is 89.4 Å². The molecule has 0 spiro atoms. The Kier molecular flexibility index (Phi) is 8.18. The van der Waals surface area contributed by atoms with E-state index in [1.54, 1.807) is 6.07 Å². The number of benzene rings is 1. The van der Waals surface area contributed by atoms with Crippen molar-refractivity contribution in [1.29, 1.82) is 0 Å². The highest BCUT2D eigenvalue weighted by Gasteiger charge is 2.28. The van der Waals surface area contributed by atoms with Gasteiger partial charge in [0.2, 0.25) is 0 Å². The first-order chi connectivity index (χ1) is 14.8. The molecule has 3 rings (SSSR count). The normalized spacial score (nSPS) is 23.4. The molecule has 0 unspecified atom stereocenters. The summed E-state index contributed by atoms with van der Waals surface area (Å²) in [7, 11) is 0. The van der Waals surface area contributed by atoms with Gasteiger partial charge in [-0.3, -0.25) is 0 Å². The molecular weight excluding hydrogens is 400 g/mol. The van der Waals surface area contributed by atoms with E-state index in [1.807, 2.05) is 6.07 Å². The summed E-state index contributed by atoms with van der Waals surface area (Å²) >= 11 is 0. The van der Waals surface area contributed by atoms with Gasteiger partial charge in [0.1, 0.15) is 0 Å². The molecule has 0 atom stereocenters. The lowest BCUT2D eigenvalue weighted by Crippen LogP contribution is -2.16. The van der Waals surface area contributed by atoms with E-state index in [2.05, 4.69) is 13.2 Å². The summed E-state index contributed by atoms with van der Waals surface area (Å²) < 4.78 is 57.4. The summed E-state index contributed by atoms with van der Waals surface area (Å²) in [6.45, 7) is 8.51. The Morgan fingerprint density at radius 2 is 1.32 bits per heavy atom. The van der Waals surface area contributed by atoms with E-state index >= 15 is 0 Å². The molecule has 0 bridgehead atoms. The van der Waals surface area contributed by atoms with Crippen LogP contribution in [0, 0.1) is 17.6 Å². The van der Waals surface area contributed by atoms with Crippen molar-refractivity contribution in [3.63, 3.8) is 0 Å². The molecule has 0 aromatic heterocycles. The minimum Gasteiger partial charge on any atom is -0.203 e. The molecule has 170 valence electrons. The van der Waals surface area contributed by atoms with Crippen LogP contribution in [0.5, 0.6) is 0 Å². The lowest BCUT2D eigenvalue weighted by Gasteiger charge is -2.30. The van der Waals surface area contributed by atoms with Gasteiger partial charge in [-0.15, -0.1) is 0 Å². The van der Waals surface area contributed by atoms with Gasteiger partial charge in [0.05, 0.1) is 0 Å². The van der Waals surface area contributed by atoms with Gasteiger partial charge in [-0.1, -0.05) is 44.6 Å². The molecule has 0 saturated heterocycles. The molecule has 1 aromatic carbocycles. The number of hydrogen-bond donors (Lipinski definition) is 0. The molecule has 0 nitrogen and oxygen atoms in total. The summed E-state index contributed by atoms with van der Waals surface area (Å²) in [5.74, 6) is -2.62. The highest BCUT2D eigenvalue weighted by Crippen LogP contribution is 2.41. The average Bonchev–Trinajstić information content (AvgIpc) is 2.79. The molecule has 0 N–H and O–H groups in total. The van der Waals surface area contributed by atoms with Crippen molar-refractivity contribution < 1.29 is 17.6 Å². The third-order valence-electron chi connectivity index (χ3n) is 7.21. The molecule has 2 aliphatic carbocycles. The van der Waals surface area contributed by atoms with Gasteiger partial charge in [0, 0.05) is 0 Å². The zero-order valence-corrected chi connectivity index (χ0v) is 18.6. The van der Waals surface area contributed by atoms with E-state index in [0.717, 1.165) is 57.8 Å². The molecule has 31 heavy (non-hydrogen) atoms. The highest BCUT2D eigenvalue weighted by molar-refractivity contribution is 5.34. The molecule has 2 fully saturated rings. The topological polar surface area (TPSA) is 0 Å². The Bertz CT molecular complexity index is 837. The van der Waals surface area contributed by atoms with Crippen LogP contribution in [0.1, 0.15) is 101 Å². The van der Waals surface area contributed by atoms with Gasteiger partial charge < -0.3 is 0 Å². The predicted octanol–water partition coefficient (Wildman–Crippen LogP) is 9.35. The average molecular weight is 435 g/mol. The summed E-state index contributed by atoms with van der Waals surface area (Å²) in [5, 5.41) is 0. The van der Waals surface area contributed by atoms with Crippen LogP contribution in [0.4, 0.5) is 17.6 Å². The molecule has 2 saturated carbocycles. The molecule has 0 aliphatic heterocycles. The largest absolute Gasteiger partial charge is 0.203 e. The van der Waals surface area contributed by atoms with Crippen molar-refractivity contribution in [3.05, 3.63) is 70.9 Å². The van der Waals surface area contributed by atoms with Gasteiger partial charge in [-0.25, -0.2) is 17.6 Å². The monoisotopic (exact) mass is 434 g/mol. The second kappa shape index (κ2) is 10.7. The Morgan fingerprint density at radius 3 is 1.84 bits per heavy atom. The van der Waals surface area contributed by atoms with E-state index in [0.29, 0.717) is 23.5 Å². The van der Waals surface area contributed by atoms with E-state index in [1.165, 1.54) is 13.3 Å². The van der Waals surface area contributed by atoms with Gasteiger partial charge in [0.25, 0.3) is 0 Å². The zero-order chi connectivity index (χ0) is 22.5. The first-order valence-electron chi connectivity index (χ1n) is 11.7. The van der Waals surface area contributed by atoms with Crippen molar-refractivity contribution in [3.8, 4) is 0 Å². The molecule has 0 radical (unpaired) electrons. The maximum atomic E-state index is 14.9. The van der Waals surface area contributed by atoms with Gasteiger partial charge in [-0.2, -0.15) is 0 Å². The Hall–Kier alpha value is -1.84. The van der Waals surface area contributed by atoms with Crippen molar-refractivity contribution >= 4 is 0 Å². The maximum absolute atomic E-state index is 14.9. The third-order valence-corrected chi connectivity index (χ3v) is 7.21. The quantitative estimate of drug-likeness (QED) is 0.296. The summed E-state index contributed by atoms with van der Waals surface area (Å²) in [6, 6.07) is 3.61. The molecule has 0 amide bonds. The van der Waals surface area contributed by atoms with Crippen LogP contribution in [-0.4, -0.2) is 0 Å². The SMILES string of the molecule is C=C(C)/C(F)=C(/F)C(=C)CCC1CCC(c2ccc(C3CCCCC3)c(F)c2F)CC1. The molecule has 0 heterocycles. The third kappa shape index (κ3) is 5.70. The van der Waals surface area contributed by atoms with Crippen LogP contribution in [0.2, 0.25) is 0 Å². The lowest BCUT2D eigenvalue weighted by atomic mass is 9.76. The number of halogens is 4. The Morgan fingerprint density at radius 1 is 0.806 bits per heavy atom. The number of allylic oxidation sites excluding steroid dienone is 4. The molecule has 4 heteroatoms. The minimum absolute atomic E-state index is 0.0202. The fourth-order valence-corrected chi connectivity index (χ4v) is 5.22. The Labute approximate surface area is 184 Å². The lowest BCUT2D eigenvalue weighted by molar-refractivity contribution is 0.303. The zero-order valence-electron chi connectivity index (χ0n) is 18.6. The fourth-order valence-electron chi connectivity index (χ4n) is 5.22. The first kappa shape index (κ1) is 23.8. The predicted molar refractivity (Wildman–Crippen MR) is 119 cm³/mol. The summed E-state index contributed by atoms with van der Waals surface area (Å²) in [4.78, 5) is 0. The van der Waals surface area contributed by atoms with Gasteiger partial charge in [-0.05, 0) is 98.3 Å². The Balaban J connectivity index is 1.56. The van der Waals surface area contributed by atoms with Gasteiger partial charge in [0.15, 0.2) is 23.3 Å². The summed E-state index contributed by atoms with van der Waals surface area (Å²) in [6.07, 6.45) is 9.67. The number of rotatable bonds is 7. The maximum Gasteiger partial charge on any atom is 0.162 e. The van der Waals surface area contributed by atoms with Crippen molar-refractivity contribution in [2.24, 2.45) is 5.92 Å². The number of hydrogen-bond acceptors (Lipinski definition) is 0. The van der Waals surface area contributed by atoms with Crippen molar-refractivity contribution in [2.75, 3.05) is 0 Å². The van der Waals surface area contributed by atoms with Crippen LogP contribution in [0.15, 0.2) is 48.1 Å². The minimum atomic E-state index is -0.928. The van der Waals surface area contributed by atoms with E-state index in [9.17, 15) is 17.6 Å². The van der Waals surface area contributed by atoms with Crippen LogP contribution in [0.3, 0.4) is 0 Å². The fraction of sp³-hybridized carbons (Fsp3) is 0.556. The van der Waals surface area contributed by atoms with Crippen LogP contribution in [0.25, 0.3) is 0 Å². The van der Waals surface area contributed by atoms with Gasteiger partial charge >= 0.3 is 0 Å². The molecule has 1 aromatic rings. The van der Waals surface area contributed by atoms with Crippen molar-refractivity contribution in [1.82, 2.24) is 0 Å². The molecular formula is C27H34F4. The van der Waals surface area contributed by atoms with E-state index in [-0.39, 0.29) is 23.0 Å². The summed E-state index contributed by atoms with van der Waals surface area (Å²) in [5.41, 5.74) is 1.26. The molecule has 2 aliphatic rings. The second-order valence-corrected chi connectivity index (χ2v) is 9.48. The second-order valence-electron chi connectivity index (χ2n) is 9.48. The van der Waals surface area contributed by atoms with Crippen LogP contribution < -0.4 is 0 Å². The first-order valence-corrected chi connectivity index (χ1v) is 11.7. The van der Waals surface area contributed by atoms with Crippen LogP contribution in [-0.2, 0) is 0 Å². The highest BCUT2D eigenvalue weighted by atomic mass is 19.2. The smallest absolute Gasteiger partial charge is 0.162 e.